The molecule has 1 heterocycles. The van der Waals surface area contributed by atoms with Crippen LogP contribution in [0.1, 0.15) is 36.8 Å². The van der Waals surface area contributed by atoms with Gasteiger partial charge < -0.3 is 4.84 Å². The van der Waals surface area contributed by atoms with Gasteiger partial charge in [-0.05, 0) is 67.7 Å². The molecule has 3 aromatic rings. The van der Waals surface area contributed by atoms with E-state index >= 15 is 0 Å². The third-order valence-corrected chi connectivity index (χ3v) is 6.54. The van der Waals surface area contributed by atoms with Gasteiger partial charge in [-0.25, -0.2) is 0 Å². The van der Waals surface area contributed by atoms with E-state index in [0.29, 0.717) is 5.92 Å². The van der Waals surface area contributed by atoms with Gasteiger partial charge in [0.2, 0.25) is 5.91 Å². The summed E-state index contributed by atoms with van der Waals surface area (Å²) in [5.74, 6) is 0.951. The molecule has 1 fully saturated rings. The van der Waals surface area contributed by atoms with Crippen molar-refractivity contribution in [2.24, 2.45) is 0 Å². The largest absolute Gasteiger partial charge is 0.379 e. The summed E-state index contributed by atoms with van der Waals surface area (Å²) in [4.78, 5) is 21.9. The lowest BCUT2D eigenvalue weighted by atomic mass is 9.88. The molecule has 1 saturated heterocycles. The predicted molar refractivity (Wildman–Crippen MR) is 125 cm³/mol. The SMILES string of the molecule is CC(=O)NOc1ccc(Sc2ccccc2)cc1C1CCN(Cc2ccccc2)CC1. The van der Waals surface area contributed by atoms with E-state index in [2.05, 4.69) is 77.1 Å². The predicted octanol–water partition coefficient (Wildman–Crippen LogP) is 5.65. The third-order valence-electron chi connectivity index (χ3n) is 5.54. The number of hydrogen-bond donors (Lipinski definition) is 1. The second-order valence-corrected chi connectivity index (χ2v) is 9.06. The van der Waals surface area contributed by atoms with Crippen LogP contribution in [0.5, 0.6) is 5.75 Å². The van der Waals surface area contributed by atoms with E-state index in [4.69, 9.17) is 4.84 Å². The molecule has 3 aromatic carbocycles. The van der Waals surface area contributed by atoms with Crippen LogP contribution in [0.4, 0.5) is 0 Å². The van der Waals surface area contributed by atoms with Crippen LogP contribution >= 0.6 is 11.8 Å². The number of nitrogens with one attached hydrogen (secondary N) is 1. The molecule has 0 bridgehead atoms. The number of benzene rings is 3. The van der Waals surface area contributed by atoms with Crippen molar-refractivity contribution in [2.45, 2.75) is 42.0 Å². The van der Waals surface area contributed by atoms with Gasteiger partial charge in [0.15, 0.2) is 5.75 Å². The van der Waals surface area contributed by atoms with Crippen molar-refractivity contribution in [3.63, 3.8) is 0 Å². The van der Waals surface area contributed by atoms with E-state index in [9.17, 15) is 4.79 Å². The Morgan fingerprint density at radius 1 is 0.968 bits per heavy atom. The lowest BCUT2D eigenvalue weighted by molar-refractivity contribution is -0.125. The van der Waals surface area contributed by atoms with E-state index in [-0.39, 0.29) is 5.91 Å². The first-order valence-electron chi connectivity index (χ1n) is 10.7. The minimum atomic E-state index is -0.202. The second kappa shape index (κ2) is 10.5. The zero-order valence-corrected chi connectivity index (χ0v) is 18.6. The molecular weight excluding hydrogens is 404 g/mol. The smallest absolute Gasteiger partial charge is 0.249 e. The molecular formula is C26H28N2O2S. The summed E-state index contributed by atoms with van der Waals surface area (Å²) in [6, 6.07) is 27.3. The zero-order chi connectivity index (χ0) is 21.5. The first-order chi connectivity index (χ1) is 15.2. The van der Waals surface area contributed by atoms with E-state index in [1.807, 2.05) is 12.1 Å². The summed E-state index contributed by atoms with van der Waals surface area (Å²) < 4.78 is 0. The molecule has 1 aliphatic rings. The van der Waals surface area contributed by atoms with Crippen LogP contribution in [-0.4, -0.2) is 23.9 Å². The summed E-state index contributed by atoms with van der Waals surface area (Å²) >= 11 is 1.75. The Morgan fingerprint density at radius 2 is 1.65 bits per heavy atom. The molecule has 31 heavy (non-hydrogen) atoms. The van der Waals surface area contributed by atoms with Gasteiger partial charge in [-0.2, -0.15) is 5.48 Å². The van der Waals surface area contributed by atoms with Crippen molar-refractivity contribution >= 4 is 17.7 Å². The van der Waals surface area contributed by atoms with Crippen molar-refractivity contribution in [3.8, 4) is 5.75 Å². The maximum atomic E-state index is 11.4. The van der Waals surface area contributed by atoms with Crippen LogP contribution in [0.25, 0.3) is 0 Å². The van der Waals surface area contributed by atoms with E-state index in [0.717, 1.165) is 38.2 Å². The Labute approximate surface area is 188 Å². The van der Waals surface area contributed by atoms with Gasteiger partial charge in [0.25, 0.3) is 0 Å². The van der Waals surface area contributed by atoms with Gasteiger partial charge in [-0.1, -0.05) is 60.3 Å². The summed E-state index contributed by atoms with van der Waals surface area (Å²) in [6.45, 7) is 4.55. The maximum Gasteiger partial charge on any atom is 0.249 e. The van der Waals surface area contributed by atoms with Crippen molar-refractivity contribution in [1.29, 1.82) is 0 Å². The van der Waals surface area contributed by atoms with E-state index < -0.39 is 0 Å². The van der Waals surface area contributed by atoms with Crippen LogP contribution in [-0.2, 0) is 11.3 Å². The number of amides is 1. The number of piperidine rings is 1. The fourth-order valence-electron chi connectivity index (χ4n) is 4.00. The number of carbonyl (C=O) groups is 1. The number of rotatable bonds is 7. The van der Waals surface area contributed by atoms with Gasteiger partial charge in [0.1, 0.15) is 0 Å². The maximum absolute atomic E-state index is 11.4. The average molecular weight is 433 g/mol. The molecule has 0 atom stereocenters. The number of hydroxylamine groups is 1. The molecule has 0 saturated carbocycles. The fourth-order valence-corrected chi connectivity index (χ4v) is 4.88. The van der Waals surface area contributed by atoms with Crippen molar-refractivity contribution in [1.82, 2.24) is 10.4 Å². The van der Waals surface area contributed by atoms with Gasteiger partial charge >= 0.3 is 0 Å². The first-order valence-corrected chi connectivity index (χ1v) is 11.6. The third kappa shape index (κ3) is 6.12. The Morgan fingerprint density at radius 3 is 2.32 bits per heavy atom. The van der Waals surface area contributed by atoms with Gasteiger partial charge in [-0.3, -0.25) is 9.69 Å². The van der Waals surface area contributed by atoms with Gasteiger partial charge in [0.05, 0.1) is 0 Å². The van der Waals surface area contributed by atoms with Crippen molar-refractivity contribution < 1.29 is 9.63 Å². The number of hydrogen-bond acceptors (Lipinski definition) is 4. The lowest BCUT2D eigenvalue weighted by Crippen LogP contribution is -2.33. The molecule has 4 nitrogen and oxygen atoms in total. The zero-order valence-electron chi connectivity index (χ0n) is 17.8. The molecule has 0 aliphatic carbocycles. The van der Waals surface area contributed by atoms with Crippen molar-refractivity contribution in [3.05, 3.63) is 90.0 Å². The summed E-state index contributed by atoms with van der Waals surface area (Å²) in [5, 5.41) is 0. The van der Waals surface area contributed by atoms with Crippen LogP contribution in [0, 0.1) is 0 Å². The quantitative estimate of drug-likeness (QED) is 0.490. The summed E-state index contributed by atoms with van der Waals surface area (Å²) in [7, 11) is 0. The Hall–Kier alpha value is -2.76. The highest BCUT2D eigenvalue weighted by Crippen LogP contribution is 2.38. The second-order valence-electron chi connectivity index (χ2n) is 7.91. The minimum Gasteiger partial charge on any atom is -0.379 e. The highest BCUT2D eigenvalue weighted by molar-refractivity contribution is 7.99. The Kier molecular flexibility index (Phi) is 7.28. The topological polar surface area (TPSA) is 41.6 Å². The molecule has 1 N–H and O–H groups in total. The minimum absolute atomic E-state index is 0.202. The Bertz CT molecular complexity index is 987. The molecule has 1 amide bonds. The Balaban J connectivity index is 1.48. The first kappa shape index (κ1) is 21.5. The normalized spacial score (nSPS) is 14.9. The summed E-state index contributed by atoms with van der Waals surface area (Å²) in [5.41, 5.74) is 5.03. The van der Waals surface area contributed by atoms with Crippen LogP contribution < -0.4 is 10.3 Å². The highest BCUT2D eigenvalue weighted by Gasteiger charge is 2.24. The number of likely N-dealkylation sites (tertiary alicyclic amines) is 1. The number of carbonyl (C=O) groups excluding carboxylic acids is 1. The van der Waals surface area contributed by atoms with Crippen LogP contribution in [0.15, 0.2) is 88.7 Å². The number of nitrogens with zero attached hydrogens (tertiary/aromatic N) is 1. The van der Waals surface area contributed by atoms with Crippen LogP contribution in [0.2, 0.25) is 0 Å². The molecule has 0 aromatic heterocycles. The lowest BCUT2D eigenvalue weighted by Gasteiger charge is -2.33. The van der Waals surface area contributed by atoms with Crippen LogP contribution in [0.3, 0.4) is 0 Å². The molecule has 160 valence electrons. The monoisotopic (exact) mass is 432 g/mol. The van der Waals surface area contributed by atoms with Crippen molar-refractivity contribution in [2.75, 3.05) is 13.1 Å². The van der Waals surface area contributed by atoms with E-state index in [1.54, 1.807) is 11.8 Å². The van der Waals surface area contributed by atoms with Gasteiger partial charge in [0, 0.05) is 28.8 Å². The molecule has 0 radical (unpaired) electrons. The fraction of sp³-hybridized carbons (Fsp3) is 0.269. The van der Waals surface area contributed by atoms with Gasteiger partial charge in [-0.15, -0.1) is 0 Å². The highest BCUT2D eigenvalue weighted by atomic mass is 32.2. The molecule has 1 aliphatic heterocycles. The molecule has 4 rings (SSSR count). The molecule has 5 heteroatoms. The molecule has 0 unspecified atom stereocenters. The standard InChI is InChI=1S/C26H28N2O2S/c1-20(29)27-30-26-13-12-24(31-23-10-6-3-7-11-23)18-25(26)22-14-16-28(17-15-22)19-21-8-4-2-5-9-21/h2-13,18,22H,14-17,19H2,1H3,(H,27,29). The average Bonchev–Trinajstić information content (AvgIpc) is 2.80. The summed E-state index contributed by atoms with van der Waals surface area (Å²) in [6.07, 6.45) is 2.14. The van der Waals surface area contributed by atoms with E-state index in [1.165, 1.54) is 27.8 Å². The molecule has 0 spiro atoms.